The minimum atomic E-state index is 0.177. The molecule has 3 heteroatoms. The third-order valence-corrected chi connectivity index (χ3v) is 5.45. The SMILES string of the molecule is Cc1cc(Br)ccc1C(=O)CCC1c2ccccc2Oc2ccccc21. The minimum absolute atomic E-state index is 0.177. The van der Waals surface area contributed by atoms with Crippen molar-refractivity contribution in [3.05, 3.63) is 93.5 Å². The molecule has 1 heterocycles. The Morgan fingerprint density at radius 1 is 0.962 bits per heavy atom. The molecule has 0 unspecified atom stereocenters. The van der Waals surface area contributed by atoms with Gasteiger partial charge in [-0.3, -0.25) is 4.79 Å². The molecule has 4 rings (SSSR count). The van der Waals surface area contributed by atoms with Gasteiger partial charge < -0.3 is 4.74 Å². The van der Waals surface area contributed by atoms with Crippen molar-refractivity contribution in [1.82, 2.24) is 0 Å². The summed E-state index contributed by atoms with van der Waals surface area (Å²) in [5.41, 5.74) is 4.14. The standard InChI is InChI=1S/C23H19BrO2/c1-15-14-16(24)10-11-17(15)21(25)13-12-18-19-6-2-4-8-22(19)26-23-9-5-3-7-20(18)23/h2-11,14,18H,12-13H2,1H3. The van der Waals surface area contributed by atoms with E-state index in [2.05, 4.69) is 28.1 Å². The number of benzene rings is 3. The second kappa shape index (κ2) is 7.08. The van der Waals surface area contributed by atoms with E-state index < -0.39 is 0 Å². The molecule has 3 aromatic rings. The Labute approximate surface area is 162 Å². The molecule has 0 aliphatic carbocycles. The van der Waals surface area contributed by atoms with Crippen LogP contribution in [-0.4, -0.2) is 5.78 Å². The smallest absolute Gasteiger partial charge is 0.163 e. The number of ketones is 1. The number of hydrogen-bond donors (Lipinski definition) is 0. The monoisotopic (exact) mass is 406 g/mol. The van der Waals surface area contributed by atoms with Crippen LogP contribution in [0.15, 0.2) is 71.2 Å². The van der Waals surface area contributed by atoms with Crippen molar-refractivity contribution in [2.75, 3.05) is 0 Å². The quantitative estimate of drug-likeness (QED) is 0.452. The molecule has 0 atom stereocenters. The number of para-hydroxylation sites is 2. The second-order valence-electron chi connectivity index (χ2n) is 6.65. The van der Waals surface area contributed by atoms with Crippen molar-refractivity contribution in [1.29, 1.82) is 0 Å². The summed E-state index contributed by atoms with van der Waals surface area (Å²) >= 11 is 3.46. The van der Waals surface area contributed by atoms with E-state index in [0.29, 0.717) is 6.42 Å². The molecule has 1 aliphatic heterocycles. The number of halogens is 1. The van der Waals surface area contributed by atoms with Gasteiger partial charge in [0.2, 0.25) is 0 Å². The molecule has 0 radical (unpaired) electrons. The van der Waals surface area contributed by atoms with Gasteiger partial charge in [0.15, 0.2) is 5.78 Å². The predicted molar refractivity (Wildman–Crippen MR) is 107 cm³/mol. The lowest BCUT2D eigenvalue weighted by molar-refractivity contribution is 0.0977. The maximum absolute atomic E-state index is 12.8. The van der Waals surface area contributed by atoms with Gasteiger partial charge in [0.25, 0.3) is 0 Å². The van der Waals surface area contributed by atoms with Crippen LogP contribution in [0.2, 0.25) is 0 Å². The Balaban J connectivity index is 1.61. The Morgan fingerprint density at radius 3 is 2.19 bits per heavy atom. The van der Waals surface area contributed by atoms with E-state index in [1.165, 1.54) is 0 Å². The zero-order chi connectivity index (χ0) is 18.1. The van der Waals surface area contributed by atoms with Gasteiger partial charge in [-0.2, -0.15) is 0 Å². The number of carbonyl (C=O) groups excluding carboxylic acids is 1. The molecule has 3 aromatic carbocycles. The molecule has 26 heavy (non-hydrogen) atoms. The molecule has 0 amide bonds. The number of hydrogen-bond acceptors (Lipinski definition) is 2. The van der Waals surface area contributed by atoms with Crippen LogP contribution in [0.25, 0.3) is 0 Å². The van der Waals surface area contributed by atoms with Crippen LogP contribution in [0.4, 0.5) is 0 Å². The number of aryl methyl sites for hydroxylation is 1. The zero-order valence-corrected chi connectivity index (χ0v) is 16.1. The lowest BCUT2D eigenvalue weighted by atomic mass is 9.83. The number of rotatable bonds is 4. The van der Waals surface area contributed by atoms with Gasteiger partial charge in [-0.05, 0) is 43.2 Å². The lowest BCUT2D eigenvalue weighted by Crippen LogP contribution is -2.12. The van der Waals surface area contributed by atoms with E-state index >= 15 is 0 Å². The number of ether oxygens (including phenoxy) is 1. The summed E-state index contributed by atoms with van der Waals surface area (Å²) in [5, 5.41) is 0. The first-order chi connectivity index (χ1) is 12.6. The normalized spacial score (nSPS) is 12.8. The largest absolute Gasteiger partial charge is 0.457 e. The third-order valence-electron chi connectivity index (χ3n) is 4.96. The van der Waals surface area contributed by atoms with Gasteiger partial charge in [0, 0.05) is 33.5 Å². The van der Waals surface area contributed by atoms with E-state index in [1.807, 2.05) is 61.5 Å². The van der Waals surface area contributed by atoms with E-state index in [0.717, 1.165) is 44.6 Å². The van der Waals surface area contributed by atoms with Crippen LogP contribution < -0.4 is 4.74 Å². The van der Waals surface area contributed by atoms with Crippen molar-refractivity contribution in [3.8, 4) is 11.5 Å². The van der Waals surface area contributed by atoms with Gasteiger partial charge in [-0.25, -0.2) is 0 Å². The maximum Gasteiger partial charge on any atom is 0.163 e. The zero-order valence-electron chi connectivity index (χ0n) is 14.5. The van der Waals surface area contributed by atoms with Crippen molar-refractivity contribution in [2.24, 2.45) is 0 Å². The molecule has 0 saturated carbocycles. The molecular weight excluding hydrogens is 388 g/mol. The van der Waals surface area contributed by atoms with Crippen LogP contribution in [-0.2, 0) is 0 Å². The Hall–Kier alpha value is -2.39. The van der Waals surface area contributed by atoms with Crippen molar-refractivity contribution in [2.45, 2.75) is 25.7 Å². The van der Waals surface area contributed by atoms with Gasteiger partial charge in [-0.15, -0.1) is 0 Å². The Kier molecular flexibility index (Phi) is 4.64. The summed E-state index contributed by atoms with van der Waals surface area (Å²) in [6.07, 6.45) is 1.28. The molecule has 0 aromatic heterocycles. The van der Waals surface area contributed by atoms with Gasteiger partial charge in [-0.1, -0.05) is 58.4 Å². The molecule has 0 bridgehead atoms. The predicted octanol–water partition coefficient (Wildman–Crippen LogP) is 6.66. The second-order valence-corrected chi connectivity index (χ2v) is 7.57. The highest BCUT2D eigenvalue weighted by Gasteiger charge is 2.27. The number of carbonyl (C=O) groups is 1. The van der Waals surface area contributed by atoms with E-state index in [4.69, 9.17) is 4.74 Å². The van der Waals surface area contributed by atoms with E-state index in [9.17, 15) is 4.79 Å². The Bertz CT molecular complexity index is 932. The van der Waals surface area contributed by atoms with E-state index in [1.54, 1.807) is 0 Å². The molecule has 0 spiro atoms. The van der Waals surface area contributed by atoms with Crippen LogP contribution in [0, 0.1) is 6.92 Å². The molecule has 0 fully saturated rings. The summed E-state index contributed by atoms with van der Waals surface area (Å²) in [5.74, 6) is 2.15. The van der Waals surface area contributed by atoms with Crippen LogP contribution >= 0.6 is 15.9 Å². The fourth-order valence-corrected chi connectivity index (χ4v) is 4.15. The lowest BCUT2D eigenvalue weighted by Gasteiger charge is -2.28. The summed E-state index contributed by atoms with van der Waals surface area (Å²) < 4.78 is 7.04. The fraction of sp³-hybridized carbons (Fsp3) is 0.174. The van der Waals surface area contributed by atoms with Crippen LogP contribution in [0.3, 0.4) is 0 Å². The first-order valence-electron chi connectivity index (χ1n) is 8.78. The maximum atomic E-state index is 12.8. The first-order valence-corrected chi connectivity index (χ1v) is 9.58. The van der Waals surface area contributed by atoms with Crippen LogP contribution in [0.1, 0.15) is 45.8 Å². The highest BCUT2D eigenvalue weighted by atomic mass is 79.9. The summed E-state index contributed by atoms with van der Waals surface area (Å²) in [6.45, 7) is 1.98. The average molecular weight is 407 g/mol. The number of Topliss-reactive ketones (excluding diaryl/α,β-unsaturated/α-hetero) is 1. The molecule has 0 saturated heterocycles. The van der Waals surface area contributed by atoms with Crippen LogP contribution in [0.5, 0.6) is 11.5 Å². The third kappa shape index (κ3) is 3.19. The van der Waals surface area contributed by atoms with Gasteiger partial charge in [0.1, 0.15) is 11.5 Å². The highest BCUT2D eigenvalue weighted by molar-refractivity contribution is 9.10. The van der Waals surface area contributed by atoms with Gasteiger partial charge in [0.05, 0.1) is 0 Å². The highest BCUT2D eigenvalue weighted by Crippen LogP contribution is 2.45. The first kappa shape index (κ1) is 17.0. The molecular formula is C23H19BrO2. The van der Waals surface area contributed by atoms with Crippen molar-refractivity contribution >= 4 is 21.7 Å². The minimum Gasteiger partial charge on any atom is -0.457 e. The molecule has 130 valence electrons. The van der Waals surface area contributed by atoms with Crippen molar-refractivity contribution in [3.63, 3.8) is 0 Å². The fourth-order valence-electron chi connectivity index (χ4n) is 3.67. The summed E-state index contributed by atoms with van der Waals surface area (Å²) in [7, 11) is 0. The summed E-state index contributed by atoms with van der Waals surface area (Å²) in [6, 6.07) is 22.1. The van der Waals surface area contributed by atoms with Crippen molar-refractivity contribution < 1.29 is 9.53 Å². The Morgan fingerprint density at radius 2 is 1.58 bits per heavy atom. The molecule has 2 nitrogen and oxygen atoms in total. The van der Waals surface area contributed by atoms with Gasteiger partial charge >= 0.3 is 0 Å². The number of fused-ring (bicyclic) bond motifs is 2. The average Bonchev–Trinajstić information content (AvgIpc) is 2.65. The van der Waals surface area contributed by atoms with E-state index in [-0.39, 0.29) is 11.7 Å². The summed E-state index contributed by atoms with van der Waals surface area (Å²) in [4.78, 5) is 12.8. The molecule has 1 aliphatic rings. The topological polar surface area (TPSA) is 26.3 Å². The molecule has 0 N–H and O–H groups in total.